The minimum Gasteiger partial charge on any atom is -0.381 e. The fraction of sp³-hybridized carbons (Fsp3) is 0.889. The van der Waals surface area contributed by atoms with E-state index in [4.69, 9.17) is 4.74 Å². The van der Waals surface area contributed by atoms with Crippen LogP contribution in [0.15, 0.2) is 0 Å². The molecule has 0 spiro atoms. The van der Waals surface area contributed by atoms with Crippen LogP contribution in [0.4, 0.5) is 0 Å². The second-order valence-electron chi connectivity index (χ2n) is 6.40. The fourth-order valence-corrected chi connectivity index (χ4v) is 3.32. The van der Waals surface area contributed by atoms with Crippen LogP contribution in [0, 0.1) is 23.2 Å². The van der Waals surface area contributed by atoms with Crippen LogP contribution in [0.25, 0.3) is 0 Å². The van der Waals surface area contributed by atoms with Crippen LogP contribution >= 0.6 is 0 Å². The molecular weight excluding hydrogens is 262 g/mol. The molecule has 3 heteroatoms. The van der Waals surface area contributed by atoms with Crippen molar-refractivity contribution in [3.8, 4) is 6.07 Å². The van der Waals surface area contributed by atoms with Crippen LogP contribution in [-0.2, 0) is 9.53 Å². The first-order valence-corrected chi connectivity index (χ1v) is 8.65. The number of unbranched alkanes of at least 4 members (excludes halogenated alkanes) is 3. The molecule has 1 atom stereocenters. The molecule has 21 heavy (non-hydrogen) atoms. The van der Waals surface area contributed by atoms with Gasteiger partial charge in [-0.25, -0.2) is 0 Å². The van der Waals surface area contributed by atoms with Crippen molar-refractivity contribution < 1.29 is 9.53 Å². The highest BCUT2D eigenvalue weighted by atomic mass is 16.5. The summed E-state index contributed by atoms with van der Waals surface area (Å²) in [6, 6.07) is 2.44. The lowest BCUT2D eigenvalue weighted by Crippen LogP contribution is -2.25. The van der Waals surface area contributed by atoms with Gasteiger partial charge in [0.2, 0.25) is 0 Å². The van der Waals surface area contributed by atoms with Gasteiger partial charge in [-0.15, -0.1) is 0 Å². The predicted octanol–water partition coefficient (Wildman–Crippen LogP) is 4.65. The smallest absolute Gasteiger partial charge is 0.132 e. The second kappa shape index (κ2) is 10.8. The summed E-state index contributed by atoms with van der Waals surface area (Å²) in [4.78, 5) is 11.9. The van der Waals surface area contributed by atoms with E-state index in [1.54, 1.807) is 7.11 Å². The number of Topliss-reactive ketones (excluding diaryl/α,β-unsaturated/α-hetero) is 1. The number of nitrogens with zero attached hydrogens (tertiary/aromatic N) is 1. The monoisotopic (exact) mass is 293 g/mol. The predicted molar refractivity (Wildman–Crippen MR) is 84.9 cm³/mol. The normalized spacial score (nSPS) is 23.5. The lowest BCUT2D eigenvalue weighted by atomic mass is 9.77. The fourth-order valence-electron chi connectivity index (χ4n) is 3.32. The molecule has 0 N–H and O–H groups in total. The Bertz CT molecular complexity index is 327. The molecule has 0 amide bonds. The molecule has 0 radical (unpaired) electrons. The Morgan fingerprint density at radius 3 is 2.48 bits per heavy atom. The number of methoxy groups -OCH3 is 1. The zero-order chi connectivity index (χ0) is 15.5. The summed E-state index contributed by atoms with van der Waals surface area (Å²) >= 11 is 0. The van der Waals surface area contributed by atoms with Crippen molar-refractivity contribution in [2.24, 2.45) is 11.8 Å². The molecule has 0 aromatic heterocycles. The molecular formula is C18H31NO2. The number of rotatable bonds is 10. The van der Waals surface area contributed by atoms with Gasteiger partial charge in [-0.2, -0.15) is 5.26 Å². The first kappa shape index (κ1) is 18.2. The molecule has 0 aliphatic heterocycles. The summed E-state index contributed by atoms with van der Waals surface area (Å²) in [6.45, 7) is 2.18. The maximum atomic E-state index is 11.9. The van der Waals surface area contributed by atoms with Gasteiger partial charge in [0.1, 0.15) is 5.78 Å². The van der Waals surface area contributed by atoms with Gasteiger partial charge < -0.3 is 4.74 Å². The van der Waals surface area contributed by atoms with Gasteiger partial charge in [-0.3, -0.25) is 4.79 Å². The van der Waals surface area contributed by atoms with Gasteiger partial charge >= 0.3 is 0 Å². The molecule has 0 bridgehead atoms. The summed E-state index contributed by atoms with van der Waals surface area (Å²) < 4.78 is 5.38. The minimum absolute atomic E-state index is 0.0578. The highest BCUT2D eigenvalue weighted by Gasteiger charge is 2.27. The van der Waals surface area contributed by atoms with E-state index in [0.717, 1.165) is 44.9 Å². The van der Waals surface area contributed by atoms with Crippen LogP contribution in [0.3, 0.4) is 0 Å². The highest BCUT2D eigenvalue weighted by Crippen LogP contribution is 2.33. The summed E-state index contributed by atoms with van der Waals surface area (Å²) in [5, 5.41) is 9.37. The van der Waals surface area contributed by atoms with E-state index in [1.807, 2.05) is 0 Å². The molecule has 0 aromatic carbocycles. The van der Waals surface area contributed by atoms with Crippen LogP contribution in [-0.4, -0.2) is 19.0 Å². The average molecular weight is 293 g/mol. The Kier molecular flexibility index (Phi) is 9.34. The van der Waals surface area contributed by atoms with Crippen LogP contribution in [0.5, 0.6) is 0 Å². The molecule has 1 saturated carbocycles. The quantitative estimate of drug-likeness (QED) is 0.551. The average Bonchev–Trinajstić information content (AvgIpc) is 2.52. The molecule has 1 fully saturated rings. The molecule has 1 unspecified atom stereocenters. The van der Waals surface area contributed by atoms with Gasteiger partial charge in [0.15, 0.2) is 0 Å². The molecule has 0 heterocycles. The van der Waals surface area contributed by atoms with Crippen LogP contribution in [0.1, 0.15) is 77.6 Å². The zero-order valence-corrected chi connectivity index (χ0v) is 13.8. The van der Waals surface area contributed by atoms with E-state index in [0.29, 0.717) is 30.6 Å². The largest absolute Gasteiger partial charge is 0.381 e. The number of nitriles is 1. The Morgan fingerprint density at radius 2 is 1.90 bits per heavy atom. The van der Waals surface area contributed by atoms with Crippen molar-refractivity contribution in [1.82, 2.24) is 0 Å². The van der Waals surface area contributed by atoms with E-state index in [2.05, 4.69) is 13.0 Å². The molecule has 3 nitrogen and oxygen atoms in total. The first-order chi connectivity index (χ1) is 10.2. The summed E-state index contributed by atoms with van der Waals surface area (Å²) in [7, 11) is 1.77. The second-order valence-corrected chi connectivity index (χ2v) is 6.40. The molecule has 1 aliphatic carbocycles. The molecule has 120 valence electrons. The van der Waals surface area contributed by atoms with Gasteiger partial charge in [0.05, 0.1) is 12.2 Å². The van der Waals surface area contributed by atoms with Gasteiger partial charge in [0.25, 0.3) is 0 Å². The molecule has 1 aliphatic rings. The van der Waals surface area contributed by atoms with Crippen molar-refractivity contribution in [2.75, 3.05) is 7.11 Å². The van der Waals surface area contributed by atoms with Crippen molar-refractivity contribution >= 4 is 5.78 Å². The standard InChI is InChI=1S/C18H31NO2/c1-3-4-5-6-7-17(20)11-8-16(14-19)15-9-12-18(21-2)13-10-15/h15-16,18H,3-13H2,1-2H3/t15-,16?,18-. The minimum atomic E-state index is 0.0578. The number of hydrogen-bond donors (Lipinski definition) is 0. The number of carbonyl (C=O) groups excluding carboxylic acids is 1. The molecule has 1 rings (SSSR count). The SMILES string of the molecule is CCCCCCC(=O)CCC(C#N)[C@H]1CC[C@H](OC)CC1. The third-order valence-electron chi connectivity index (χ3n) is 4.83. The van der Waals surface area contributed by atoms with Gasteiger partial charge in [-0.05, 0) is 44.4 Å². The van der Waals surface area contributed by atoms with Gasteiger partial charge in [0, 0.05) is 25.9 Å². The maximum absolute atomic E-state index is 11.9. The van der Waals surface area contributed by atoms with E-state index in [9.17, 15) is 10.1 Å². The summed E-state index contributed by atoms with van der Waals surface area (Å²) in [6.07, 6.45) is 11.3. The number of carbonyl (C=O) groups is 1. The van der Waals surface area contributed by atoms with E-state index in [-0.39, 0.29) is 5.92 Å². The Hall–Kier alpha value is -0.880. The third-order valence-corrected chi connectivity index (χ3v) is 4.83. The topological polar surface area (TPSA) is 50.1 Å². The number of hydrogen-bond acceptors (Lipinski definition) is 3. The first-order valence-electron chi connectivity index (χ1n) is 8.65. The van der Waals surface area contributed by atoms with Gasteiger partial charge in [-0.1, -0.05) is 26.2 Å². The molecule has 0 aromatic rings. The summed E-state index contributed by atoms with van der Waals surface area (Å²) in [5.74, 6) is 0.869. The zero-order valence-electron chi connectivity index (χ0n) is 13.8. The number of ketones is 1. The maximum Gasteiger partial charge on any atom is 0.132 e. The van der Waals surface area contributed by atoms with Crippen molar-refractivity contribution in [2.45, 2.75) is 83.7 Å². The third kappa shape index (κ3) is 7.09. The Balaban J connectivity index is 2.22. The lowest BCUT2D eigenvalue weighted by molar-refractivity contribution is -0.119. The van der Waals surface area contributed by atoms with Crippen LogP contribution < -0.4 is 0 Å². The van der Waals surface area contributed by atoms with Crippen LogP contribution in [0.2, 0.25) is 0 Å². The highest BCUT2D eigenvalue weighted by molar-refractivity contribution is 5.78. The van der Waals surface area contributed by atoms with Crippen molar-refractivity contribution in [1.29, 1.82) is 5.26 Å². The van der Waals surface area contributed by atoms with E-state index in [1.165, 1.54) is 12.8 Å². The summed E-state index contributed by atoms with van der Waals surface area (Å²) in [5.41, 5.74) is 0. The Labute approximate surface area is 130 Å². The lowest BCUT2D eigenvalue weighted by Gasteiger charge is -2.30. The van der Waals surface area contributed by atoms with E-state index >= 15 is 0 Å². The molecule has 0 saturated heterocycles. The van der Waals surface area contributed by atoms with Crippen molar-refractivity contribution in [3.05, 3.63) is 0 Å². The Morgan fingerprint density at radius 1 is 1.19 bits per heavy atom. The van der Waals surface area contributed by atoms with Crippen molar-refractivity contribution in [3.63, 3.8) is 0 Å². The van der Waals surface area contributed by atoms with E-state index < -0.39 is 0 Å². The number of ether oxygens (including phenoxy) is 1.